The standard InChI is InChI=1S/C15H18BrN3S/c1-15(2,12-11(16)7-8-20-12)14-18-17-13(9-3-4-9)19(14)10-5-6-10/h7-10H,3-6H2,1-2H3. The van der Waals surface area contributed by atoms with Gasteiger partial charge in [-0.3, -0.25) is 0 Å². The third-order valence-electron chi connectivity index (χ3n) is 4.32. The molecule has 0 amide bonds. The average molecular weight is 352 g/mol. The van der Waals surface area contributed by atoms with E-state index in [-0.39, 0.29) is 5.41 Å². The zero-order valence-electron chi connectivity index (χ0n) is 11.8. The second kappa shape index (κ2) is 4.41. The lowest BCUT2D eigenvalue weighted by molar-refractivity contribution is 0.532. The van der Waals surface area contributed by atoms with Crippen LogP contribution in [0.1, 0.15) is 68.0 Å². The van der Waals surface area contributed by atoms with E-state index in [0.717, 1.165) is 5.82 Å². The minimum atomic E-state index is -0.0876. The largest absolute Gasteiger partial charge is 0.311 e. The number of hydrogen-bond acceptors (Lipinski definition) is 3. The third kappa shape index (κ3) is 1.98. The Bertz CT molecular complexity index is 650. The van der Waals surface area contributed by atoms with Crippen LogP contribution in [0, 0.1) is 0 Å². The van der Waals surface area contributed by atoms with E-state index in [0.29, 0.717) is 12.0 Å². The first-order chi connectivity index (χ1) is 9.59. The Hall–Kier alpha value is -0.680. The fourth-order valence-corrected chi connectivity index (χ4v) is 4.87. The molecule has 2 heterocycles. The van der Waals surface area contributed by atoms with Crippen molar-refractivity contribution in [2.24, 2.45) is 0 Å². The molecule has 0 aliphatic heterocycles. The molecule has 106 valence electrons. The Kier molecular flexibility index (Phi) is 2.87. The SMILES string of the molecule is CC(C)(c1sccc1Br)c1nnc(C2CC2)n1C1CC1. The van der Waals surface area contributed by atoms with Gasteiger partial charge in [0.1, 0.15) is 11.6 Å². The first-order valence-corrected chi connectivity index (χ1v) is 8.95. The van der Waals surface area contributed by atoms with Crippen molar-refractivity contribution in [1.82, 2.24) is 14.8 Å². The predicted octanol–water partition coefficient (Wildman–Crippen LogP) is 4.64. The van der Waals surface area contributed by atoms with Gasteiger partial charge >= 0.3 is 0 Å². The molecule has 2 aromatic rings. The number of rotatable bonds is 4. The molecule has 0 radical (unpaired) electrons. The van der Waals surface area contributed by atoms with E-state index >= 15 is 0 Å². The van der Waals surface area contributed by atoms with Gasteiger partial charge in [0.2, 0.25) is 0 Å². The molecule has 2 fully saturated rings. The van der Waals surface area contributed by atoms with Gasteiger partial charge in [-0.2, -0.15) is 0 Å². The number of aromatic nitrogens is 3. The second-order valence-electron chi connectivity index (χ2n) is 6.48. The second-order valence-corrected chi connectivity index (χ2v) is 8.25. The average Bonchev–Trinajstić information content (AvgIpc) is 3.34. The van der Waals surface area contributed by atoms with Crippen LogP contribution in [0.25, 0.3) is 0 Å². The lowest BCUT2D eigenvalue weighted by atomic mass is 9.90. The summed E-state index contributed by atoms with van der Waals surface area (Å²) in [6.07, 6.45) is 5.14. The van der Waals surface area contributed by atoms with Gasteiger partial charge in [-0.15, -0.1) is 21.5 Å². The van der Waals surface area contributed by atoms with Crippen molar-refractivity contribution < 1.29 is 0 Å². The van der Waals surface area contributed by atoms with Crippen LogP contribution in [0.2, 0.25) is 0 Å². The molecule has 5 heteroatoms. The van der Waals surface area contributed by atoms with Crippen molar-refractivity contribution in [3.63, 3.8) is 0 Å². The quantitative estimate of drug-likeness (QED) is 0.803. The summed E-state index contributed by atoms with van der Waals surface area (Å²) in [6, 6.07) is 2.77. The van der Waals surface area contributed by atoms with E-state index in [9.17, 15) is 0 Å². The van der Waals surface area contributed by atoms with Crippen LogP contribution in [0.4, 0.5) is 0 Å². The Balaban J connectivity index is 1.83. The van der Waals surface area contributed by atoms with Gasteiger partial charge in [-0.1, -0.05) is 0 Å². The smallest absolute Gasteiger partial charge is 0.144 e. The minimum Gasteiger partial charge on any atom is -0.311 e. The Labute approximate surface area is 131 Å². The van der Waals surface area contributed by atoms with Gasteiger partial charge in [-0.05, 0) is 66.9 Å². The highest BCUT2D eigenvalue weighted by molar-refractivity contribution is 9.10. The van der Waals surface area contributed by atoms with Gasteiger partial charge in [0, 0.05) is 21.3 Å². The molecule has 0 aromatic carbocycles. The minimum absolute atomic E-state index is 0.0876. The number of hydrogen-bond donors (Lipinski definition) is 0. The zero-order chi connectivity index (χ0) is 13.9. The predicted molar refractivity (Wildman–Crippen MR) is 84.4 cm³/mol. The fourth-order valence-electron chi connectivity index (χ4n) is 2.88. The van der Waals surface area contributed by atoms with Crippen molar-refractivity contribution in [2.75, 3.05) is 0 Å². The molecular weight excluding hydrogens is 334 g/mol. The first-order valence-electron chi connectivity index (χ1n) is 7.28. The molecule has 0 N–H and O–H groups in total. The van der Waals surface area contributed by atoms with E-state index < -0.39 is 0 Å². The van der Waals surface area contributed by atoms with Gasteiger partial charge in [0.25, 0.3) is 0 Å². The molecule has 2 aliphatic carbocycles. The van der Waals surface area contributed by atoms with Crippen LogP contribution >= 0.6 is 27.3 Å². The van der Waals surface area contributed by atoms with Crippen LogP contribution in [-0.2, 0) is 5.41 Å². The van der Waals surface area contributed by atoms with E-state index in [1.165, 1.54) is 40.9 Å². The number of thiophene rings is 1. The Morgan fingerprint density at radius 3 is 2.55 bits per heavy atom. The van der Waals surface area contributed by atoms with Crippen molar-refractivity contribution in [1.29, 1.82) is 0 Å². The summed E-state index contributed by atoms with van der Waals surface area (Å²) in [7, 11) is 0. The first kappa shape index (κ1) is 13.0. The maximum absolute atomic E-state index is 4.61. The molecule has 0 bridgehead atoms. The summed E-state index contributed by atoms with van der Waals surface area (Å²) < 4.78 is 3.65. The van der Waals surface area contributed by atoms with Crippen molar-refractivity contribution >= 4 is 27.3 Å². The van der Waals surface area contributed by atoms with Crippen LogP contribution in [0.3, 0.4) is 0 Å². The maximum Gasteiger partial charge on any atom is 0.144 e. The zero-order valence-corrected chi connectivity index (χ0v) is 14.2. The topological polar surface area (TPSA) is 30.7 Å². The van der Waals surface area contributed by atoms with E-state index in [4.69, 9.17) is 0 Å². The molecule has 2 aromatic heterocycles. The van der Waals surface area contributed by atoms with E-state index in [1.807, 2.05) is 0 Å². The van der Waals surface area contributed by atoms with Crippen LogP contribution < -0.4 is 0 Å². The molecule has 0 atom stereocenters. The van der Waals surface area contributed by atoms with Crippen LogP contribution in [0.5, 0.6) is 0 Å². The summed E-state index contributed by atoms with van der Waals surface area (Å²) in [5.41, 5.74) is -0.0876. The highest BCUT2D eigenvalue weighted by Gasteiger charge is 2.41. The number of halogens is 1. The van der Waals surface area contributed by atoms with Gasteiger partial charge in [0.05, 0.1) is 5.41 Å². The van der Waals surface area contributed by atoms with Gasteiger partial charge in [0.15, 0.2) is 0 Å². The molecule has 4 rings (SSSR count). The summed E-state index contributed by atoms with van der Waals surface area (Å²) in [6.45, 7) is 4.53. The molecule has 0 unspecified atom stereocenters. The molecular formula is C15H18BrN3S. The molecule has 0 saturated heterocycles. The van der Waals surface area contributed by atoms with Crippen LogP contribution in [0.15, 0.2) is 15.9 Å². The highest BCUT2D eigenvalue weighted by Crippen LogP contribution is 2.48. The van der Waals surface area contributed by atoms with Crippen molar-refractivity contribution in [2.45, 2.75) is 56.9 Å². The molecule has 2 aliphatic rings. The lowest BCUT2D eigenvalue weighted by Crippen LogP contribution is -2.24. The summed E-state index contributed by atoms with van der Waals surface area (Å²) in [4.78, 5) is 1.34. The monoisotopic (exact) mass is 351 g/mol. The number of nitrogens with zero attached hydrogens (tertiary/aromatic N) is 3. The van der Waals surface area contributed by atoms with E-state index in [2.05, 4.69) is 56.0 Å². The summed E-state index contributed by atoms with van der Waals surface area (Å²) >= 11 is 5.48. The molecule has 3 nitrogen and oxygen atoms in total. The third-order valence-corrected chi connectivity index (χ3v) is 6.48. The normalized spacial score (nSPS) is 19.6. The fraction of sp³-hybridized carbons (Fsp3) is 0.600. The summed E-state index contributed by atoms with van der Waals surface area (Å²) in [5, 5.41) is 11.3. The molecule has 2 saturated carbocycles. The molecule has 20 heavy (non-hydrogen) atoms. The van der Waals surface area contributed by atoms with Crippen LogP contribution in [-0.4, -0.2) is 14.8 Å². The summed E-state index contributed by atoms with van der Waals surface area (Å²) in [5.74, 6) is 3.05. The lowest BCUT2D eigenvalue weighted by Gasteiger charge is -2.24. The van der Waals surface area contributed by atoms with Gasteiger partial charge in [-0.25, -0.2) is 0 Å². The Morgan fingerprint density at radius 1 is 1.25 bits per heavy atom. The molecule has 0 spiro atoms. The van der Waals surface area contributed by atoms with E-state index in [1.54, 1.807) is 11.3 Å². The highest BCUT2D eigenvalue weighted by atomic mass is 79.9. The van der Waals surface area contributed by atoms with Gasteiger partial charge < -0.3 is 4.57 Å². The van der Waals surface area contributed by atoms with Crippen molar-refractivity contribution in [3.05, 3.63) is 32.4 Å². The Morgan fingerprint density at radius 2 is 2.00 bits per heavy atom. The van der Waals surface area contributed by atoms with Crippen molar-refractivity contribution in [3.8, 4) is 0 Å². The maximum atomic E-state index is 4.61.